The van der Waals surface area contributed by atoms with E-state index in [9.17, 15) is 9.59 Å². The van der Waals surface area contributed by atoms with E-state index in [2.05, 4.69) is 16.7 Å². The SMILES string of the molecule is Cc1cc(C(=O)COC(=O)Cc2ccccc2)c(C)n1Cc1ccccc1. The van der Waals surface area contributed by atoms with Gasteiger partial charge in [-0.2, -0.15) is 0 Å². The van der Waals surface area contributed by atoms with Crippen LogP contribution in [0, 0.1) is 13.8 Å². The molecular formula is C23H23NO3. The summed E-state index contributed by atoms with van der Waals surface area (Å²) in [7, 11) is 0. The number of carbonyl (C=O) groups excluding carboxylic acids is 2. The minimum atomic E-state index is -0.396. The zero-order valence-corrected chi connectivity index (χ0v) is 15.6. The maximum absolute atomic E-state index is 12.5. The van der Waals surface area contributed by atoms with Crippen LogP contribution in [-0.2, 0) is 22.5 Å². The Balaban J connectivity index is 1.63. The Morgan fingerprint density at radius 2 is 1.48 bits per heavy atom. The average Bonchev–Trinajstić information content (AvgIpc) is 2.96. The molecule has 4 heteroatoms. The van der Waals surface area contributed by atoms with E-state index in [1.807, 2.05) is 68.4 Å². The molecule has 0 unspecified atom stereocenters. The molecule has 2 aromatic carbocycles. The number of benzene rings is 2. The highest BCUT2D eigenvalue weighted by Gasteiger charge is 2.17. The summed E-state index contributed by atoms with van der Waals surface area (Å²) >= 11 is 0. The lowest BCUT2D eigenvalue weighted by molar-refractivity contribution is -0.141. The highest BCUT2D eigenvalue weighted by atomic mass is 16.5. The first-order chi connectivity index (χ1) is 13.0. The van der Waals surface area contributed by atoms with E-state index in [1.165, 1.54) is 5.56 Å². The Bertz CT molecular complexity index is 927. The molecule has 0 bridgehead atoms. The number of hydrogen-bond donors (Lipinski definition) is 0. The number of aryl methyl sites for hydroxylation is 1. The van der Waals surface area contributed by atoms with Gasteiger partial charge in [0.05, 0.1) is 6.42 Å². The summed E-state index contributed by atoms with van der Waals surface area (Å²) in [5, 5.41) is 0. The third-order valence-electron chi connectivity index (χ3n) is 4.61. The second-order valence-electron chi connectivity index (χ2n) is 6.60. The fourth-order valence-electron chi connectivity index (χ4n) is 3.13. The lowest BCUT2D eigenvalue weighted by atomic mass is 10.1. The van der Waals surface area contributed by atoms with Crippen molar-refractivity contribution in [1.29, 1.82) is 0 Å². The van der Waals surface area contributed by atoms with Gasteiger partial charge in [0, 0.05) is 23.5 Å². The van der Waals surface area contributed by atoms with Crippen LogP contribution in [-0.4, -0.2) is 22.9 Å². The summed E-state index contributed by atoms with van der Waals surface area (Å²) in [6, 6.07) is 21.3. The molecule has 0 aliphatic carbocycles. The van der Waals surface area contributed by atoms with Gasteiger partial charge in [0.15, 0.2) is 6.61 Å². The van der Waals surface area contributed by atoms with Crippen molar-refractivity contribution in [2.75, 3.05) is 6.61 Å². The average molecular weight is 361 g/mol. The third-order valence-corrected chi connectivity index (χ3v) is 4.61. The standard InChI is InChI=1S/C23H23NO3/c1-17-13-21(18(2)24(17)15-20-11-7-4-8-12-20)22(25)16-27-23(26)14-19-9-5-3-6-10-19/h3-13H,14-16H2,1-2H3. The van der Waals surface area contributed by atoms with Crippen molar-refractivity contribution in [3.8, 4) is 0 Å². The summed E-state index contributed by atoms with van der Waals surface area (Å²) < 4.78 is 7.29. The zero-order valence-electron chi connectivity index (χ0n) is 15.6. The number of hydrogen-bond acceptors (Lipinski definition) is 3. The molecule has 4 nitrogen and oxygen atoms in total. The van der Waals surface area contributed by atoms with Crippen LogP contribution in [0.4, 0.5) is 0 Å². The molecule has 0 fully saturated rings. The lowest BCUT2D eigenvalue weighted by Gasteiger charge is -2.10. The Morgan fingerprint density at radius 1 is 0.889 bits per heavy atom. The number of esters is 1. The maximum Gasteiger partial charge on any atom is 0.310 e. The van der Waals surface area contributed by atoms with E-state index < -0.39 is 5.97 Å². The van der Waals surface area contributed by atoms with E-state index in [4.69, 9.17) is 4.74 Å². The van der Waals surface area contributed by atoms with E-state index >= 15 is 0 Å². The first-order valence-electron chi connectivity index (χ1n) is 8.98. The van der Waals surface area contributed by atoms with Crippen molar-refractivity contribution < 1.29 is 14.3 Å². The second kappa shape index (κ2) is 8.49. The zero-order chi connectivity index (χ0) is 19.2. The fourth-order valence-corrected chi connectivity index (χ4v) is 3.13. The highest BCUT2D eigenvalue weighted by molar-refractivity contribution is 5.99. The van der Waals surface area contributed by atoms with Crippen LogP contribution in [0.5, 0.6) is 0 Å². The summed E-state index contributed by atoms with van der Waals surface area (Å²) in [5.74, 6) is -0.573. The summed E-state index contributed by atoms with van der Waals surface area (Å²) in [5.41, 5.74) is 4.55. The Labute approximate surface area is 159 Å². The van der Waals surface area contributed by atoms with Gasteiger partial charge in [-0.15, -0.1) is 0 Å². The summed E-state index contributed by atoms with van der Waals surface area (Å²) in [6.07, 6.45) is 0.168. The molecule has 3 rings (SSSR count). The van der Waals surface area contributed by atoms with E-state index in [1.54, 1.807) is 0 Å². The molecule has 0 aliphatic rings. The molecule has 0 saturated carbocycles. The Hall–Kier alpha value is -3.14. The van der Waals surface area contributed by atoms with Gasteiger partial charge in [-0.3, -0.25) is 9.59 Å². The van der Waals surface area contributed by atoms with Gasteiger partial charge in [0.25, 0.3) is 0 Å². The first kappa shape index (κ1) is 18.6. The number of carbonyl (C=O) groups is 2. The van der Waals surface area contributed by atoms with Gasteiger partial charge >= 0.3 is 5.97 Å². The molecule has 0 radical (unpaired) electrons. The van der Waals surface area contributed by atoms with Crippen molar-refractivity contribution in [2.45, 2.75) is 26.8 Å². The Morgan fingerprint density at radius 3 is 2.11 bits per heavy atom. The fraction of sp³-hybridized carbons (Fsp3) is 0.217. The van der Waals surface area contributed by atoms with Gasteiger partial charge in [-0.05, 0) is 31.0 Å². The number of ether oxygens (including phenoxy) is 1. The van der Waals surface area contributed by atoms with Crippen LogP contribution in [0.2, 0.25) is 0 Å². The molecule has 1 aromatic heterocycles. The summed E-state index contributed by atoms with van der Waals surface area (Å²) in [6.45, 7) is 4.38. The predicted octanol–water partition coefficient (Wildman–Crippen LogP) is 4.12. The normalized spacial score (nSPS) is 10.6. The van der Waals surface area contributed by atoms with Gasteiger partial charge in [-0.1, -0.05) is 60.7 Å². The minimum absolute atomic E-state index is 0.168. The van der Waals surface area contributed by atoms with Crippen molar-refractivity contribution in [2.24, 2.45) is 0 Å². The van der Waals surface area contributed by atoms with Crippen LogP contribution in [0.1, 0.15) is 32.9 Å². The molecule has 3 aromatic rings. The maximum atomic E-state index is 12.5. The highest BCUT2D eigenvalue weighted by Crippen LogP contribution is 2.18. The molecular weight excluding hydrogens is 338 g/mol. The smallest absolute Gasteiger partial charge is 0.310 e. The van der Waals surface area contributed by atoms with E-state index in [-0.39, 0.29) is 18.8 Å². The molecule has 0 spiro atoms. The van der Waals surface area contributed by atoms with Crippen LogP contribution in [0.25, 0.3) is 0 Å². The molecule has 0 saturated heterocycles. The van der Waals surface area contributed by atoms with Gasteiger partial charge in [-0.25, -0.2) is 0 Å². The molecule has 0 amide bonds. The number of nitrogens with zero attached hydrogens (tertiary/aromatic N) is 1. The summed E-state index contributed by atoms with van der Waals surface area (Å²) in [4.78, 5) is 24.5. The van der Waals surface area contributed by atoms with Crippen LogP contribution in [0.3, 0.4) is 0 Å². The van der Waals surface area contributed by atoms with Crippen molar-refractivity contribution in [3.05, 3.63) is 94.8 Å². The van der Waals surface area contributed by atoms with E-state index in [0.717, 1.165) is 17.0 Å². The molecule has 0 N–H and O–H groups in total. The van der Waals surface area contributed by atoms with Crippen LogP contribution >= 0.6 is 0 Å². The second-order valence-corrected chi connectivity index (χ2v) is 6.60. The molecule has 138 valence electrons. The third kappa shape index (κ3) is 4.73. The number of ketones is 1. The monoisotopic (exact) mass is 361 g/mol. The van der Waals surface area contributed by atoms with E-state index in [0.29, 0.717) is 12.1 Å². The van der Waals surface area contributed by atoms with Crippen LogP contribution in [0.15, 0.2) is 66.7 Å². The van der Waals surface area contributed by atoms with Gasteiger partial charge < -0.3 is 9.30 Å². The van der Waals surface area contributed by atoms with Crippen molar-refractivity contribution >= 4 is 11.8 Å². The molecule has 0 atom stereocenters. The lowest BCUT2D eigenvalue weighted by Crippen LogP contribution is -2.16. The quantitative estimate of drug-likeness (QED) is 0.470. The van der Waals surface area contributed by atoms with Crippen molar-refractivity contribution in [1.82, 2.24) is 4.57 Å². The topological polar surface area (TPSA) is 48.3 Å². The molecule has 1 heterocycles. The first-order valence-corrected chi connectivity index (χ1v) is 8.98. The van der Waals surface area contributed by atoms with Gasteiger partial charge in [0.2, 0.25) is 5.78 Å². The minimum Gasteiger partial charge on any atom is -0.457 e. The molecule has 0 aliphatic heterocycles. The Kier molecular flexibility index (Phi) is 5.87. The predicted molar refractivity (Wildman–Crippen MR) is 105 cm³/mol. The van der Waals surface area contributed by atoms with Crippen LogP contribution < -0.4 is 0 Å². The van der Waals surface area contributed by atoms with Crippen molar-refractivity contribution in [3.63, 3.8) is 0 Å². The largest absolute Gasteiger partial charge is 0.457 e. The number of Topliss-reactive ketones (excluding diaryl/α,β-unsaturated/α-hetero) is 1. The number of aromatic nitrogens is 1. The molecule has 27 heavy (non-hydrogen) atoms. The number of rotatable bonds is 7. The van der Waals surface area contributed by atoms with Gasteiger partial charge in [0.1, 0.15) is 0 Å².